The summed E-state index contributed by atoms with van der Waals surface area (Å²) in [4.78, 5) is 14.5. The predicted octanol–water partition coefficient (Wildman–Crippen LogP) is 3.76. The van der Waals surface area contributed by atoms with Gasteiger partial charge in [0, 0.05) is 6.07 Å². The van der Waals surface area contributed by atoms with Crippen molar-refractivity contribution in [2.45, 2.75) is 18.9 Å². The molecule has 0 aliphatic heterocycles. The van der Waals surface area contributed by atoms with Crippen molar-refractivity contribution in [3.05, 3.63) is 77.0 Å². The number of nitro groups is 1. The van der Waals surface area contributed by atoms with E-state index in [0.29, 0.717) is 11.5 Å². The third kappa shape index (κ3) is 3.24. The SMILES string of the molecule is C=CCCC(Nc1ccc2ncc([N+](=O)[O-])n2n1)c1ccccc1. The number of aromatic nitrogens is 3. The molecule has 122 valence electrons. The molecule has 3 aromatic rings. The highest BCUT2D eigenvalue weighted by atomic mass is 16.6. The highest BCUT2D eigenvalue weighted by Crippen LogP contribution is 2.24. The maximum Gasteiger partial charge on any atom is 0.368 e. The molecule has 0 spiro atoms. The lowest BCUT2D eigenvalue weighted by atomic mass is 10.0. The molecule has 1 N–H and O–H groups in total. The number of imidazole rings is 1. The Morgan fingerprint density at radius 2 is 2.08 bits per heavy atom. The lowest BCUT2D eigenvalue weighted by Gasteiger charge is -2.18. The first-order valence-corrected chi connectivity index (χ1v) is 7.60. The summed E-state index contributed by atoms with van der Waals surface area (Å²) in [6.07, 6.45) is 4.77. The van der Waals surface area contributed by atoms with E-state index < -0.39 is 4.92 Å². The molecule has 2 aromatic heterocycles. The van der Waals surface area contributed by atoms with E-state index in [9.17, 15) is 10.1 Å². The molecule has 0 saturated carbocycles. The summed E-state index contributed by atoms with van der Waals surface area (Å²) in [5.41, 5.74) is 1.57. The molecule has 1 atom stereocenters. The zero-order valence-corrected chi connectivity index (χ0v) is 13.0. The van der Waals surface area contributed by atoms with Crippen molar-refractivity contribution in [1.29, 1.82) is 0 Å². The van der Waals surface area contributed by atoms with Gasteiger partial charge in [-0.15, -0.1) is 6.58 Å². The molecule has 0 saturated heterocycles. The van der Waals surface area contributed by atoms with E-state index in [-0.39, 0.29) is 11.9 Å². The summed E-state index contributed by atoms with van der Waals surface area (Å²) in [6, 6.07) is 13.5. The molecule has 0 radical (unpaired) electrons. The fourth-order valence-corrected chi connectivity index (χ4v) is 2.53. The van der Waals surface area contributed by atoms with Crippen LogP contribution < -0.4 is 5.32 Å². The van der Waals surface area contributed by atoms with Gasteiger partial charge in [-0.1, -0.05) is 46.0 Å². The van der Waals surface area contributed by atoms with E-state index in [1.165, 1.54) is 10.7 Å². The van der Waals surface area contributed by atoms with Crippen molar-refractivity contribution in [1.82, 2.24) is 14.6 Å². The van der Waals surface area contributed by atoms with Crippen LogP contribution in [0, 0.1) is 10.1 Å². The van der Waals surface area contributed by atoms with Crippen LogP contribution >= 0.6 is 0 Å². The van der Waals surface area contributed by atoms with Crippen LogP contribution in [0.3, 0.4) is 0 Å². The summed E-state index contributed by atoms with van der Waals surface area (Å²) in [5, 5.41) is 18.7. The number of rotatable bonds is 7. The minimum absolute atomic E-state index is 0.0386. The standard InChI is InChI=1S/C17H17N5O2/c1-2-3-9-14(13-7-5-4-6-8-13)19-15-10-11-16-18-12-17(22(23)24)21(16)20-15/h2,4-8,10-12,14H,1,3,9H2,(H,19,20). The molecule has 7 heteroatoms. The third-order valence-electron chi connectivity index (χ3n) is 3.71. The summed E-state index contributed by atoms with van der Waals surface area (Å²) >= 11 is 0. The number of hydrogen-bond acceptors (Lipinski definition) is 5. The Kier molecular flexibility index (Phi) is 4.51. The second kappa shape index (κ2) is 6.91. The molecule has 0 amide bonds. The number of benzene rings is 1. The zero-order chi connectivity index (χ0) is 16.9. The Morgan fingerprint density at radius 3 is 2.79 bits per heavy atom. The van der Waals surface area contributed by atoms with Gasteiger partial charge in [0.15, 0.2) is 5.82 Å². The lowest BCUT2D eigenvalue weighted by molar-refractivity contribution is -0.391. The minimum Gasteiger partial charge on any atom is -0.360 e. The van der Waals surface area contributed by atoms with E-state index in [0.717, 1.165) is 18.4 Å². The average Bonchev–Trinajstić information content (AvgIpc) is 3.02. The number of fused-ring (bicyclic) bond motifs is 1. The van der Waals surface area contributed by atoms with Crippen LogP contribution in [0.4, 0.5) is 11.6 Å². The van der Waals surface area contributed by atoms with Crippen LogP contribution in [0.15, 0.2) is 61.3 Å². The summed E-state index contributed by atoms with van der Waals surface area (Å²) in [6.45, 7) is 3.77. The second-order valence-electron chi connectivity index (χ2n) is 5.34. The van der Waals surface area contributed by atoms with Gasteiger partial charge < -0.3 is 15.4 Å². The summed E-state index contributed by atoms with van der Waals surface area (Å²) in [7, 11) is 0. The second-order valence-corrected chi connectivity index (χ2v) is 5.34. The summed E-state index contributed by atoms with van der Waals surface area (Å²) in [5.74, 6) is 0.400. The van der Waals surface area contributed by atoms with Crippen molar-refractivity contribution in [3.63, 3.8) is 0 Å². The van der Waals surface area contributed by atoms with Gasteiger partial charge in [-0.2, -0.15) is 0 Å². The highest BCUT2D eigenvalue weighted by Gasteiger charge is 2.17. The highest BCUT2D eigenvalue weighted by molar-refractivity contribution is 5.49. The minimum atomic E-state index is -0.497. The molecule has 0 aliphatic rings. The van der Waals surface area contributed by atoms with Crippen LogP contribution in [0.2, 0.25) is 0 Å². The number of nitrogens with zero attached hydrogens (tertiary/aromatic N) is 4. The number of hydrogen-bond donors (Lipinski definition) is 1. The largest absolute Gasteiger partial charge is 0.368 e. The molecule has 24 heavy (non-hydrogen) atoms. The maximum atomic E-state index is 11.0. The number of anilines is 1. The third-order valence-corrected chi connectivity index (χ3v) is 3.71. The molecule has 1 aromatic carbocycles. The van der Waals surface area contributed by atoms with E-state index in [1.54, 1.807) is 12.1 Å². The van der Waals surface area contributed by atoms with Crippen molar-refractivity contribution in [3.8, 4) is 0 Å². The fourth-order valence-electron chi connectivity index (χ4n) is 2.53. The molecule has 1 unspecified atom stereocenters. The first-order chi connectivity index (χ1) is 11.7. The molecule has 0 bridgehead atoms. The predicted molar refractivity (Wildman–Crippen MR) is 91.9 cm³/mol. The molecule has 7 nitrogen and oxygen atoms in total. The van der Waals surface area contributed by atoms with Crippen molar-refractivity contribution < 1.29 is 4.92 Å². The molecule has 0 aliphatic carbocycles. The zero-order valence-electron chi connectivity index (χ0n) is 13.0. The van der Waals surface area contributed by atoms with Gasteiger partial charge in [0.2, 0.25) is 5.65 Å². The van der Waals surface area contributed by atoms with Crippen LogP contribution in [0.5, 0.6) is 0 Å². The van der Waals surface area contributed by atoms with E-state index >= 15 is 0 Å². The Balaban J connectivity index is 1.91. The number of nitrogens with one attached hydrogen (secondary N) is 1. The summed E-state index contributed by atoms with van der Waals surface area (Å²) < 4.78 is 1.23. The van der Waals surface area contributed by atoms with Crippen LogP contribution in [0.25, 0.3) is 5.65 Å². The van der Waals surface area contributed by atoms with Gasteiger partial charge in [-0.05, 0) is 29.4 Å². The Hall–Kier alpha value is -3.22. The lowest BCUT2D eigenvalue weighted by Crippen LogP contribution is -2.13. The van der Waals surface area contributed by atoms with Crippen LogP contribution in [0.1, 0.15) is 24.4 Å². The molecule has 0 fully saturated rings. The topological polar surface area (TPSA) is 85.4 Å². The van der Waals surface area contributed by atoms with Crippen molar-refractivity contribution >= 4 is 17.3 Å². The van der Waals surface area contributed by atoms with Gasteiger partial charge in [-0.3, -0.25) is 0 Å². The van der Waals surface area contributed by atoms with E-state index in [4.69, 9.17) is 0 Å². The van der Waals surface area contributed by atoms with Crippen molar-refractivity contribution in [2.75, 3.05) is 5.32 Å². The maximum absolute atomic E-state index is 11.0. The van der Waals surface area contributed by atoms with Gasteiger partial charge in [0.05, 0.1) is 6.04 Å². The van der Waals surface area contributed by atoms with Gasteiger partial charge in [-0.25, -0.2) is 4.98 Å². The fraction of sp³-hybridized carbons (Fsp3) is 0.176. The van der Waals surface area contributed by atoms with E-state index in [2.05, 4.69) is 22.0 Å². The van der Waals surface area contributed by atoms with Crippen LogP contribution in [-0.4, -0.2) is 19.5 Å². The van der Waals surface area contributed by atoms with Gasteiger partial charge in [0.1, 0.15) is 6.20 Å². The molecular weight excluding hydrogens is 306 g/mol. The Morgan fingerprint density at radius 1 is 1.29 bits per heavy atom. The smallest absolute Gasteiger partial charge is 0.360 e. The molecule has 2 heterocycles. The Bertz CT molecular complexity index is 860. The first-order valence-electron chi connectivity index (χ1n) is 7.60. The number of allylic oxidation sites excluding steroid dienone is 1. The van der Waals surface area contributed by atoms with Gasteiger partial charge in [0.25, 0.3) is 0 Å². The van der Waals surface area contributed by atoms with Crippen LogP contribution in [-0.2, 0) is 0 Å². The quantitative estimate of drug-likeness (QED) is 0.406. The normalized spacial score (nSPS) is 12.0. The first kappa shape index (κ1) is 15.7. The Labute approximate surface area is 138 Å². The molecular formula is C17H17N5O2. The average molecular weight is 323 g/mol. The van der Waals surface area contributed by atoms with E-state index in [1.807, 2.05) is 36.4 Å². The van der Waals surface area contributed by atoms with Gasteiger partial charge >= 0.3 is 5.82 Å². The van der Waals surface area contributed by atoms with Crippen molar-refractivity contribution in [2.24, 2.45) is 0 Å². The molecule has 3 rings (SSSR count). The monoisotopic (exact) mass is 323 g/mol.